The van der Waals surface area contributed by atoms with E-state index in [-0.39, 0.29) is 12.3 Å². The Balaban J connectivity index is 2.57. The van der Waals surface area contributed by atoms with Crippen LogP contribution in [0.1, 0.15) is 12.0 Å². The zero-order valence-electron chi connectivity index (χ0n) is 8.71. The normalized spacial score (nSPS) is 17.4. The number of carbonyl (C=O) groups excluding carboxylic acids is 1. The summed E-state index contributed by atoms with van der Waals surface area (Å²) < 4.78 is 0. The number of amides is 1. The van der Waals surface area contributed by atoms with Crippen molar-refractivity contribution < 1.29 is 9.72 Å². The molecule has 1 aliphatic heterocycles. The number of hydrogen-bond acceptors (Lipinski definition) is 3. The largest absolute Gasteiger partial charge is 0.315 e. The maximum absolute atomic E-state index is 11.6. The highest BCUT2D eigenvalue weighted by molar-refractivity contribution is 6.06. The molecule has 0 bridgehead atoms. The Morgan fingerprint density at radius 3 is 2.81 bits per heavy atom. The van der Waals surface area contributed by atoms with Crippen LogP contribution in [-0.4, -0.2) is 17.9 Å². The molecule has 5 nitrogen and oxygen atoms in total. The summed E-state index contributed by atoms with van der Waals surface area (Å²) in [5.41, 5.74) is 1.93. The van der Waals surface area contributed by atoms with Crippen molar-refractivity contribution in [3.63, 3.8) is 0 Å². The first-order valence-electron chi connectivity index (χ1n) is 4.80. The van der Waals surface area contributed by atoms with E-state index in [9.17, 15) is 14.9 Å². The van der Waals surface area contributed by atoms with Crippen molar-refractivity contribution in [2.45, 2.75) is 6.42 Å². The van der Waals surface area contributed by atoms with Gasteiger partial charge in [0.1, 0.15) is 0 Å². The van der Waals surface area contributed by atoms with Crippen LogP contribution in [0.15, 0.2) is 30.5 Å². The molecular weight excluding hydrogens is 208 g/mol. The number of anilines is 1. The molecule has 1 aromatic rings. The van der Waals surface area contributed by atoms with Gasteiger partial charge in [0.25, 0.3) is 0 Å². The number of benzene rings is 1. The monoisotopic (exact) mass is 218 g/mol. The molecule has 1 aromatic carbocycles. The van der Waals surface area contributed by atoms with E-state index in [1.54, 1.807) is 31.3 Å². The molecule has 16 heavy (non-hydrogen) atoms. The van der Waals surface area contributed by atoms with Crippen LogP contribution in [0, 0.1) is 10.1 Å². The average molecular weight is 218 g/mol. The number of nitro groups is 1. The third-order valence-corrected chi connectivity index (χ3v) is 2.59. The first-order valence-corrected chi connectivity index (χ1v) is 4.80. The SMILES string of the molecule is CN1C(=O)C/C(=C/[N+](=O)[O-])c2ccccc21. The summed E-state index contributed by atoms with van der Waals surface area (Å²) in [5, 5.41) is 10.5. The highest BCUT2D eigenvalue weighted by atomic mass is 16.6. The summed E-state index contributed by atoms with van der Waals surface area (Å²) in [6, 6.07) is 7.17. The van der Waals surface area contributed by atoms with Crippen LogP contribution in [-0.2, 0) is 4.79 Å². The summed E-state index contributed by atoms with van der Waals surface area (Å²) in [4.78, 5) is 23.1. The molecule has 82 valence electrons. The Bertz CT molecular complexity index is 494. The predicted octanol–water partition coefficient (Wildman–Crippen LogP) is 1.67. The number of hydrogen-bond donors (Lipinski definition) is 0. The lowest BCUT2D eigenvalue weighted by molar-refractivity contribution is -0.401. The Morgan fingerprint density at radius 2 is 2.12 bits per heavy atom. The molecule has 0 saturated carbocycles. The molecule has 0 spiro atoms. The number of para-hydroxylation sites is 1. The number of fused-ring (bicyclic) bond motifs is 1. The first-order chi connectivity index (χ1) is 7.59. The van der Waals surface area contributed by atoms with Gasteiger partial charge < -0.3 is 4.90 Å². The third-order valence-electron chi connectivity index (χ3n) is 2.59. The summed E-state index contributed by atoms with van der Waals surface area (Å²) in [6.45, 7) is 0. The van der Waals surface area contributed by atoms with Crippen LogP contribution < -0.4 is 4.90 Å². The molecule has 0 saturated heterocycles. The molecule has 0 unspecified atom stereocenters. The average Bonchev–Trinajstić information content (AvgIpc) is 2.25. The maximum Gasteiger partial charge on any atom is 0.238 e. The molecule has 0 fully saturated rings. The quantitative estimate of drug-likeness (QED) is 0.532. The van der Waals surface area contributed by atoms with Crippen molar-refractivity contribution in [1.29, 1.82) is 0 Å². The molecule has 1 aliphatic rings. The molecule has 0 N–H and O–H groups in total. The van der Waals surface area contributed by atoms with Gasteiger partial charge >= 0.3 is 0 Å². The van der Waals surface area contributed by atoms with E-state index in [1.807, 2.05) is 0 Å². The van der Waals surface area contributed by atoms with Crippen molar-refractivity contribution in [3.8, 4) is 0 Å². The molecular formula is C11H10N2O3. The van der Waals surface area contributed by atoms with E-state index < -0.39 is 4.92 Å². The van der Waals surface area contributed by atoms with E-state index in [0.717, 1.165) is 11.8 Å². The number of rotatable bonds is 1. The van der Waals surface area contributed by atoms with Crippen molar-refractivity contribution in [3.05, 3.63) is 46.1 Å². The lowest BCUT2D eigenvalue weighted by Crippen LogP contribution is -2.30. The van der Waals surface area contributed by atoms with Gasteiger partial charge in [-0.1, -0.05) is 18.2 Å². The minimum atomic E-state index is -0.523. The van der Waals surface area contributed by atoms with E-state index >= 15 is 0 Å². The van der Waals surface area contributed by atoms with Crippen LogP contribution in [0.4, 0.5) is 5.69 Å². The molecule has 2 rings (SSSR count). The van der Waals surface area contributed by atoms with E-state index in [0.29, 0.717) is 11.3 Å². The van der Waals surface area contributed by atoms with Gasteiger partial charge in [0.05, 0.1) is 17.0 Å². The van der Waals surface area contributed by atoms with Crippen LogP contribution in [0.5, 0.6) is 0 Å². The van der Waals surface area contributed by atoms with Crippen molar-refractivity contribution in [2.75, 3.05) is 11.9 Å². The smallest absolute Gasteiger partial charge is 0.238 e. The second-order valence-corrected chi connectivity index (χ2v) is 3.59. The highest BCUT2D eigenvalue weighted by Crippen LogP contribution is 2.33. The first kappa shape index (κ1) is 10.4. The molecule has 0 aromatic heterocycles. The summed E-state index contributed by atoms with van der Waals surface area (Å²) >= 11 is 0. The summed E-state index contributed by atoms with van der Waals surface area (Å²) in [5.74, 6) is -0.133. The second kappa shape index (κ2) is 3.77. The third kappa shape index (κ3) is 1.67. The zero-order chi connectivity index (χ0) is 11.7. The molecule has 5 heteroatoms. The number of nitrogens with zero attached hydrogens (tertiary/aromatic N) is 2. The molecule has 1 amide bonds. The van der Waals surface area contributed by atoms with Gasteiger partial charge in [-0.25, -0.2) is 0 Å². The van der Waals surface area contributed by atoms with Gasteiger partial charge in [-0.3, -0.25) is 14.9 Å². The fourth-order valence-corrected chi connectivity index (χ4v) is 1.79. The van der Waals surface area contributed by atoms with Gasteiger partial charge in [-0.05, 0) is 6.07 Å². The second-order valence-electron chi connectivity index (χ2n) is 3.59. The highest BCUT2D eigenvalue weighted by Gasteiger charge is 2.25. The molecule has 0 atom stereocenters. The van der Waals surface area contributed by atoms with Crippen LogP contribution in [0.25, 0.3) is 5.57 Å². The minimum absolute atomic E-state index is 0.0779. The Hall–Kier alpha value is -2.17. The number of carbonyl (C=O) groups is 1. The summed E-state index contributed by atoms with van der Waals surface area (Å²) in [7, 11) is 1.67. The standard InChI is InChI=1S/C11H10N2O3/c1-12-10-5-3-2-4-9(10)8(6-11(12)14)7-13(15)16/h2-5,7H,6H2,1H3/b8-7-. The van der Waals surface area contributed by atoms with E-state index in [4.69, 9.17) is 0 Å². The van der Waals surface area contributed by atoms with Gasteiger partial charge in [-0.15, -0.1) is 0 Å². The Morgan fingerprint density at radius 1 is 1.44 bits per heavy atom. The fraction of sp³-hybridized carbons (Fsp3) is 0.182. The molecule has 0 radical (unpaired) electrons. The lowest BCUT2D eigenvalue weighted by Gasteiger charge is -2.26. The van der Waals surface area contributed by atoms with Crippen molar-refractivity contribution >= 4 is 17.2 Å². The minimum Gasteiger partial charge on any atom is -0.315 e. The fourth-order valence-electron chi connectivity index (χ4n) is 1.79. The van der Waals surface area contributed by atoms with E-state index in [1.165, 1.54) is 4.90 Å². The van der Waals surface area contributed by atoms with Crippen molar-refractivity contribution in [1.82, 2.24) is 0 Å². The predicted molar refractivity (Wildman–Crippen MR) is 59.4 cm³/mol. The zero-order valence-corrected chi connectivity index (χ0v) is 8.71. The van der Waals surface area contributed by atoms with Gasteiger partial charge in [-0.2, -0.15) is 0 Å². The Kier molecular flexibility index (Phi) is 2.44. The topological polar surface area (TPSA) is 63.5 Å². The summed E-state index contributed by atoms with van der Waals surface area (Å²) in [6.07, 6.45) is 0.984. The van der Waals surface area contributed by atoms with E-state index in [2.05, 4.69) is 0 Å². The maximum atomic E-state index is 11.6. The molecule has 1 heterocycles. The van der Waals surface area contributed by atoms with Crippen LogP contribution in [0.3, 0.4) is 0 Å². The van der Waals surface area contributed by atoms with Gasteiger partial charge in [0.15, 0.2) is 0 Å². The van der Waals surface area contributed by atoms with Gasteiger partial charge in [0, 0.05) is 18.2 Å². The van der Waals surface area contributed by atoms with Crippen molar-refractivity contribution in [2.24, 2.45) is 0 Å². The van der Waals surface area contributed by atoms with Crippen LogP contribution in [0.2, 0.25) is 0 Å². The lowest BCUT2D eigenvalue weighted by atomic mass is 9.96. The van der Waals surface area contributed by atoms with Crippen LogP contribution >= 0.6 is 0 Å². The molecule has 0 aliphatic carbocycles. The van der Waals surface area contributed by atoms with Gasteiger partial charge in [0.2, 0.25) is 12.1 Å². The Labute approximate surface area is 92.1 Å².